The van der Waals surface area contributed by atoms with Crippen LogP contribution in [0.5, 0.6) is 5.75 Å². The third-order valence-electron chi connectivity index (χ3n) is 6.36. The first-order chi connectivity index (χ1) is 15.5. The summed E-state index contributed by atoms with van der Waals surface area (Å²) < 4.78 is 55.4. The van der Waals surface area contributed by atoms with Gasteiger partial charge in [-0.1, -0.05) is 23.7 Å². The lowest BCUT2D eigenvalue weighted by atomic mass is 9.80. The van der Waals surface area contributed by atoms with E-state index in [2.05, 4.69) is 10.3 Å². The predicted molar refractivity (Wildman–Crippen MR) is 117 cm³/mol. The van der Waals surface area contributed by atoms with Crippen molar-refractivity contribution in [3.8, 4) is 5.75 Å². The van der Waals surface area contributed by atoms with Crippen molar-refractivity contribution in [2.24, 2.45) is 5.41 Å². The molecule has 3 rings (SSSR count). The molecule has 1 amide bonds. The molecule has 1 aromatic heterocycles. The molecule has 5 nitrogen and oxygen atoms in total. The van der Waals surface area contributed by atoms with Gasteiger partial charge in [0.25, 0.3) is 0 Å². The van der Waals surface area contributed by atoms with Crippen molar-refractivity contribution in [2.45, 2.75) is 43.8 Å². The quantitative estimate of drug-likeness (QED) is 0.504. The minimum absolute atomic E-state index is 0.0193. The lowest BCUT2D eigenvalue weighted by Gasteiger charge is -2.30. The van der Waals surface area contributed by atoms with Gasteiger partial charge in [0, 0.05) is 37.3 Å². The van der Waals surface area contributed by atoms with Crippen molar-refractivity contribution in [3.63, 3.8) is 0 Å². The monoisotopic (exact) mass is 487 g/mol. The molecule has 180 valence electrons. The molecular weight excluding hydrogens is 462 g/mol. The fourth-order valence-corrected chi connectivity index (χ4v) is 4.33. The number of likely N-dealkylation sites (N-methyl/N-ethyl adjacent to an activating group) is 1. The first-order valence-electron chi connectivity index (χ1n) is 10.5. The Kier molecular flexibility index (Phi) is 7.53. The number of benzene rings is 1. The number of amides is 1. The molecule has 0 saturated heterocycles. The van der Waals surface area contributed by atoms with E-state index >= 15 is 0 Å². The molecule has 2 aromatic rings. The largest absolute Gasteiger partial charge is 0.505 e. The Morgan fingerprint density at radius 2 is 2.00 bits per heavy atom. The van der Waals surface area contributed by atoms with Crippen LogP contribution in [0.15, 0.2) is 36.7 Å². The van der Waals surface area contributed by atoms with Crippen LogP contribution in [0, 0.1) is 11.2 Å². The van der Waals surface area contributed by atoms with Gasteiger partial charge < -0.3 is 15.3 Å². The number of pyridine rings is 1. The number of carbonyl (C=O) groups is 1. The summed E-state index contributed by atoms with van der Waals surface area (Å²) in [6.45, 7) is 0.128. The van der Waals surface area contributed by atoms with Crippen LogP contribution in [0.25, 0.3) is 0 Å². The third-order valence-corrected chi connectivity index (χ3v) is 6.77. The number of hydrogen-bond donors (Lipinski definition) is 2. The normalized spacial score (nSPS) is 17.0. The minimum Gasteiger partial charge on any atom is -0.505 e. The van der Waals surface area contributed by atoms with Crippen LogP contribution >= 0.6 is 11.6 Å². The Labute approximate surface area is 194 Å². The van der Waals surface area contributed by atoms with E-state index in [0.29, 0.717) is 11.1 Å². The minimum atomic E-state index is -4.42. The van der Waals surface area contributed by atoms with Crippen molar-refractivity contribution < 1.29 is 27.5 Å². The average molecular weight is 488 g/mol. The number of halogens is 5. The highest BCUT2D eigenvalue weighted by molar-refractivity contribution is 6.31. The highest BCUT2D eigenvalue weighted by Crippen LogP contribution is 2.66. The van der Waals surface area contributed by atoms with Crippen LogP contribution in [0.4, 0.5) is 17.6 Å². The molecule has 1 aliphatic rings. The zero-order valence-corrected chi connectivity index (χ0v) is 19.0. The molecule has 33 heavy (non-hydrogen) atoms. The lowest BCUT2D eigenvalue weighted by Crippen LogP contribution is -2.42. The van der Waals surface area contributed by atoms with Crippen LogP contribution in [-0.4, -0.2) is 53.8 Å². The van der Waals surface area contributed by atoms with E-state index in [1.165, 1.54) is 24.5 Å². The van der Waals surface area contributed by atoms with Gasteiger partial charge in [-0.3, -0.25) is 9.78 Å². The summed E-state index contributed by atoms with van der Waals surface area (Å²) in [5.41, 5.74) is -1.08. The van der Waals surface area contributed by atoms with Crippen LogP contribution in [0.3, 0.4) is 0 Å². The molecule has 0 radical (unpaired) electrons. The van der Waals surface area contributed by atoms with Gasteiger partial charge >= 0.3 is 6.18 Å². The maximum atomic E-state index is 13.9. The molecule has 10 heteroatoms. The fourth-order valence-electron chi connectivity index (χ4n) is 4.10. The predicted octanol–water partition coefficient (Wildman–Crippen LogP) is 4.69. The van der Waals surface area contributed by atoms with Crippen LogP contribution in [-0.2, 0) is 11.2 Å². The Morgan fingerprint density at radius 3 is 2.55 bits per heavy atom. The number of hydrogen-bond acceptors (Lipinski definition) is 4. The van der Waals surface area contributed by atoms with Gasteiger partial charge in [-0.05, 0) is 56.6 Å². The van der Waals surface area contributed by atoms with E-state index in [9.17, 15) is 27.5 Å². The number of aromatic nitrogens is 1. The molecule has 2 atom stereocenters. The molecule has 1 aromatic carbocycles. The number of phenols is 1. The number of phenolic OH excluding ortho intramolecular Hbond substituents is 1. The molecule has 1 saturated carbocycles. The Hall–Kier alpha value is -2.39. The molecule has 1 heterocycles. The van der Waals surface area contributed by atoms with Gasteiger partial charge in [0.2, 0.25) is 5.91 Å². The second-order valence-corrected chi connectivity index (χ2v) is 9.07. The Balaban J connectivity index is 1.70. The number of aromatic hydroxyl groups is 1. The lowest BCUT2D eigenvalue weighted by molar-refractivity contribution is -0.194. The maximum Gasteiger partial charge on any atom is 0.395 e. The molecule has 0 unspecified atom stereocenters. The summed E-state index contributed by atoms with van der Waals surface area (Å²) >= 11 is 5.99. The van der Waals surface area contributed by atoms with Gasteiger partial charge in [0.05, 0.1) is 10.4 Å². The molecular formula is C23H26ClF4N3O2. The molecule has 0 bridgehead atoms. The number of alkyl halides is 3. The van der Waals surface area contributed by atoms with Gasteiger partial charge in [0.1, 0.15) is 0 Å². The molecule has 0 aliphatic heterocycles. The third kappa shape index (κ3) is 5.58. The summed E-state index contributed by atoms with van der Waals surface area (Å²) in [7, 11) is 3.53. The first kappa shape index (κ1) is 25.2. The number of nitrogens with zero attached hydrogens (tertiary/aromatic N) is 2. The topological polar surface area (TPSA) is 65.5 Å². The van der Waals surface area contributed by atoms with E-state index < -0.39 is 35.0 Å². The SMILES string of the molecule is CN(C)[C@H](CNC(=O)C[C@@H](c1cccnc1)C1(C(F)(F)F)CC1)Cc1ccc(O)c(F)c1Cl. The smallest absolute Gasteiger partial charge is 0.395 e. The highest BCUT2D eigenvalue weighted by atomic mass is 35.5. The zero-order valence-electron chi connectivity index (χ0n) is 18.3. The molecule has 0 spiro atoms. The second-order valence-electron chi connectivity index (χ2n) is 8.69. The maximum absolute atomic E-state index is 13.9. The zero-order chi connectivity index (χ0) is 24.4. The van der Waals surface area contributed by atoms with Gasteiger partial charge in [-0.2, -0.15) is 13.2 Å². The summed E-state index contributed by atoms with van der Waals surface area (Å²) in [6, 6.07) is 5.53. The first-order valence-corrected chi connectivity index (χ1v) is 10.9. The van der Waals surface area contributed by atoms with Gasteiger partial charge in [-0.15, -0.1) is 0 Å². The van der Waals surface area contributed by atoms with E-state index in [1.807, 2.05) is 0 Å². The van der Waals surface area contributed by atoms with E-state index in [1.54, 1.807) is 31.1 Å². The van der Waals surface area contributed by atoms with Crippen LogP contribution < -0.4 is 5.32 Å². The molecule has 1 fully saturated rings. The van der Waals surface area contributed by atoms with Crippen molar-refractivity contribution >= 4 is 17.5 Å². The fraction of sp³-hybridized carbons (Fsp3) is 0.478. The van der Waals surface area contributed by atoms with E-state index in [-0.39, 0.29) is 43.3 Å². The summed E-state index contributed by atoms with van der Waals surface area (Å²) in [5.74, 6) is -3.01. The van der Waals surface area contributed by atoms with Crippen molar-refractivity contribution in [3.05, 3.63) is 58.6 Å². The summed E-state index contributed by atoms with van der Waals surface area (Å²) in [6.07, 6.45) is -1.65. The summed E-state index contributed by atoms with van der Waals surface area (Å²) in [4.78, 5) is 18.5. The number of rotatable bonds is 9. The molecule has 2 N–H and O–H groups in total. The van der Waals surface area contributed by atoms with Gasteiger partial charge in [0.15, 0.2) is 11.6 Å². The van der Waals surface area contributed by atoms with Crippen molar-refractivity contribution in [1.29, 1.82) is 0 Å². The van der Waals surface area contributed by atoms with Crippen LogP contribution in [0.1, 0.15) is 36.3 Å². The number of nitrogens with one attached hydrogen (secondary N) is 1. The van der Waals surface area contributed by atoms with Crippen molar-refractivity contribution in [2.75, 3.05) is 20.6 Å². The summed E-state index contributed by atoms with van der Waals surface area (Å²) in [5, 5.41) is 12.0. The number of carbonyl (C=O) groups excluding carboxylic acids is 1. The van der Waals surface area contributed by atoms with Gasteiger partial charge in [-0.25, -0.2) is 4.39 Å². The van der Waals surface area contributed by atoms with Crippen LogP contribution in [0.2, 0.25) is 5.02 Å². The highest BCUT2D eigenvalue weighted by Gasteiger charge is 2.67. The molecule has 1 aliphatic carbocycles. The van der Waals surface area contributed by atoms with E-state index in [0.717, 1.165) is 0 Å². The Bertz CT molecular complexity index is 982. The van der Waals surface area contributed by atoms with E-state index in [4.69, 9.17) is 11.6 Å². The Morgan fingerprint density at radius 1 is 1.30 bits per heavy atom. The standard InChI is InChI=1S/C23H26ClF4N3O2/c1-31(2)16(10-14-5-6-18(32)21(25)20(14)24)13-30-19(33)11-17(15-4-3-9-29-12-15)22(7-8-22)23(26,27)28/h3-6,9,12,16-17,32H,7-8,10-11,13H2,1-2H3,(H,30,33)/t16-,17-/m0/s1. The van der Waals surface area contributed by atoms with Crippen molar-refractivity contribution in [1.82, 2.24) is 15.2 Å². The second kappa shape index (κ2) is 9.85. The average Bonchev–Trinajstić information content (AvgIpc) is 3.57.